The third kappa shape index (κ3) is 2.33. The Bertz CT molecular complexity index is 362. The second-order valence-electron chi connectivity index (χ2n) is 4.71. The number of aromatic nitrogens is 2. The highest BCUT2D eigenvalue weighted by molar-refractivity contribution is 6.34. The Morgan fingerprint density at radius 3 is 2.00 bits per heavy atom. The maximum atomic E-state index is 6.22. The molecular weight excluding hydrogens is 243 g/mol. The molecule has 1 aromatic rings. The van der Waals surface area contributed by atoms with E-state index in [1.165, 1.54) is 12.8 Å². The van der Waals surface area contributed by atoms with E-state index in [-0.39, 0.29) is 5.92 Å². The highest BCUT2D eigenvalue weighted by Crippen LogP contribution is 2.40. The molecule has 2 nitrogen and oxygen atoms in total. The summed E-state index contributed by atoms with van der Waals surface area (Å²) in [6.45, 7) is 4.08. The fraction of sp³-hybridized carbons (Fsp3) is 0.667. The first-order valence-electron chi connectivity index (χ1n) is 5.82. The third-order valence-electron chi connectivity index (χ3n) is 3.15. The summed E-state index contributed by atoms with van der Waals surface area (Å²) >= 11 is 12.4. The van der Waals surface area contributed by atoms with Gasteiger partial charge in [0.05, 0.1) is 0 Å². The summed E-state index contributed by atoms with van der Waals surface area (Å²) in [5.41, 5.74) is 0.963. The molecule has 0 amide bonds. The molecule has 1 saturated carbocycles. The van der Waals surface area contributed by atoms with Crippen LogP contribution in [0, 0.1) is 0 Å². The van der Waals surface area contributed by atoms with Gasteiger partial charge in [-0.15, -0.1) is 0 Å². The first kappa shape index (κ1) is 12.1. The largest absolute Gasteiger partial charge is 0.221 e. The Hall–Kier alpha value is -0.340. The lowest BCUT2D eigenvalue weighted by molar-refractivity contribution is 0.699. The lowest BCUT2D eigenvalue weighted by Gasteiger charge is -2.14. The van der Waals surface area contributed by atoms with Gasteiger partial charge in [-0.1, -0.05) is 49.9 Å². The first-order valence-corrected chi connectivity index (χ1v) is 6.58. The van der Waals surface area contributed by atoms with Gasteiger partial charge >= 0.3 is 0 Å². The monoisotopic (exact) mass is 258 g/mol. The highest BCUT2D eigenvalue weighted by Gasteiger charge is 2.24. The lowest BCUT2D eigenvalue weighted by atomic mass is 10.0. The van der Waals surface area contributed by atoms with Gasteiger partial charge < -0.3 is 0 Å². The molecule has 1 heterocycles. The maximum Gasteiger partial charge on any atom is 0.137 e. The van der Waals surface area contributed by atoms with E-state index in [9.17, 15) is 0 Å². The van der Waals surface area contributed by atoms with E-state index in [0.29, 0.717) is 16.2 Å². The first-order chi connectivity index (χ1) is 7.59. The van der Waals surface area contributed by atoms with Crippen LogP contribution in [0.25, 0.3) is 0 Å². The lowest BCUT2D eigenvalue weighted by Crippen LogP contribution is -2.04. The number of nitrogens with zero attached hydrogens (tertiary/aromatic N) is 2. The molecule has 4 heteroatoms. The molecule has 0 aliphatic heterocycles. The molecule has 0 spiro atoms. The molecule has 2 rings (SSSR count). The maximum absolute atomic E-state index is 6.22. The topological polar surface area (TPSA) is 25.8 Å². The second kappa shape index (κ2) is 4.89. The summed E-state index contributed by atoms with van der Waals surface area (Å²) in [6.07, 6.45) is 4.82. The zero-order chi connectivity index (χ0) is 11.7. The molecule has 88 valence electrons. The molecule has 0 aromatic carbocycles. The zero-order valence-corrected chi connectivity index (χ0v) is 11.1. The minimum absolute atomic E-state index is 0.257. The molecule has 16 heavy (non-hydrogen) atoms. The van der Waals surface area contributed by atoms with Crippen LogP contribution in [0.15, 0.2) is 0 Å². The summed E-state index contributed by atoms with van der Waals surface area (Å²) in [7, 11) is 0. The molecular formula is C12H16Cl2N2. The number of hydrogen-bond donors (Lipinski definition) is 0. The van der Waals surface area contributed by atoms with Gasteiger partial charge in [0, 0.05) is 11.5 Å². The summed E-state index contributed by atoms with van der Waals surface area (Å²) in [5, 5.41) is 1.10. The van der Waals surface area contributed by atoms with Crippen molar-refractivity contribution >= 4 is 23.2 Å². The van der Waals surface area contributed by atoms with E-state index in [1.807, 2.05) is 13.8 Å². The molecule has 0 unspecified atom stereocenters. The molecule has 1 aliphatic rings. The molecule has 1 fully saturated rings. The fourth-order valence-corrected chi connectivity index (χ4v) is 2.95. The van der Waals surface area contributed by atoms with Crippen LogP contribution in [-0.4, -0.2) is 9.97 Å². The number of hydrogen-bond acceptors (Lipinski definition) is 2. The summed E-state index contributed by atoms with van der Waals surface area (Å²) in [5.74, 6) is 1.45. The van der Waals surface area contributed by atoms with Crippen LogP contribution in [0.1, 0.15) is 62.8 Å². The average molecular weight is 259 g/mol. The van der Waals surface area contributed by atoms with Crippen molar-refractivity contribution < 1.29 is 0 Å². The second-order valence-corrected chi connectivity index (χ2v) is 5.43. The molecule has 1 aliphatic carbocycles. The Kier molecular flexibility index (Phi) is 3.70. The highest BCUT2D eigenvalue weighted by atomic mass is 35.5. The van der Waals surface area contributed by atoms with Crippen LogP contribution in [0.3, 0.4) is 0 Å². The quantitative estimate of drug-likeness (QED) is 0.727. The van der Waals surface area contributed by atoms with Crippen LogP contribution in [-0.2, 0) is 0 Å². The Morgan fingerprint density at radius 1 is 1.06 bits per heavy atom. The Morgan fingerprint density at radius 2 is 1.56 bits per heavy atom. The van der Waals surface area contributed by atoms with Crippen molar-refractivity contribution in [2.75, 3.05) is 0 Å². The molecule has 0 N–H and O–H groups in total. The molecule has 0 bridgehead atoms. The summed E-state index contributed by atoms with van der Waals surface area (Å²) in [6, 6.07) is 0. The van der Waals surface area contributed by atoms with Crippen molar-refractivity contribution in [3.8, 4) is 0 Å². The van der Waals surface area contributed by atoms with Gasteiger partial charge in [-0.05, 0) is 18.8 Å². The van der Waals surface area contributed by atoms with Crippen molar-refractivity contribution in [2.24, 2.45) is 0 Å². The third-order valence-corrected chi connectivity index (χ3v) is 3.73. The van der Waals surface area contributed by atoms with Crippen LogP contribution in [0.2, 0.25) is 10.3 Å². The van der Waals surface area contributed by atoms with E-state index >= 15 is 0 Å². The Balaban J connectivity index is 2.38. The SMILES string of the molecule is CC(C)c1nc(Cl)c(C2CCCC2)c(Cl)n1. The van der Waals surface area contributed by atoms with E-state index < -0.39 is 0 Å². The van der Waals surface area contributed by atoms with E-state index in [1.54, 1.807) is 0 Å². The van der Waals surface area contributed by atoms with Crippen LogP contribution in [0.4, 0.5) is 0 Å². The van der Waals surface area contributed by atoms with Gasteiger partial charge in [0.1, 0.15) is 16.1 Å². The standard InChI is InChI=1S/C12H16Cl2N2/c1-7(2)12-15-10(13)9(11(14)16-12)8-5-3-4-6-8/h7-8H,3-6H2,1-2H3. The van der Waals surface area contributed by atoms with Gasteiger partial charge in [-0.3, -0.25) is 0 Å². The summed E-state index contributed by atoms with van der Waals surface area (Å²) < 4.78 is 0. The van der Waals surface area contributed by atoms with E-state index in [2.05, 4.69) is 9.97 Å². The van der Waals surface area contributed by atoms with Crippen molar-refractivity contribution in [3.63, 3.8) is 0 Å². The normalized spacial score (nSPS) is 17.3. The number of halogens is 2. The van der Waals surface area contributed by atoms with Crippen molar-refractivity contribution in [2.45, 2.75) is 51.4 Å². The van der Waals surface area contributed by atoms with Crippen molar-refractivity contribution in [1.29, 1.82) is 0 Å². The molecule has 0 radical (unpaired) electrons. The van der Waals surface area contributed by atoms with Gasteiger partial charge in [-0.2, -0.15) is 0 Å². The van der Waals surface area contributed by atoms with Gasteiger partial charge in [0.15, 0.2) is 0 Å². The van der Waals surface area contributed by atoms with Gasteiger partial charge in [-0.25, -0.2) is 9.97 Å². The molecule has 1 aromatic heterocycles. The molecule has 0 saturated heterocycles. The van der Waals surface area contributed by atoms with Crippen LogP contribution in [0.5, 0.6) is 0 Å². The van der Waals surface area contributed by atoms with Crippen molar-refractivity contribution in [3.05, 3.63) is 21.7 Å². The number of rotatable bonds is 2. The Labute approximate surface area is 106 Å². The predicted molar refractivity (Wildman–Crippen MR) is 67.4 cm³/mol. The zero-order valence-electron chi connectivity index (χ0n) is 9.63. The van der Waals surface area contributed by atoms with Crippen LogP contribution >= 0.6 is 23.2 Å². The summed E-state index contributed by atoms with van der Waals surface area (Å²) in [4.78, 5) is 8.70. The van der Waals surface area contributed by atoms with E-state index in [0.717, 1.165) is 24.2 Å². The predicted octanol–water partition coefficient (Wildman–Crippen LogP) is 4.56. The minimum Gasteiger partial charge on any atom is -0.221 e. The molecule has 0 atom stereocenters. The minimum atomic E-state index is 0.257. The van der Waals surface area contributed by atoms with Gasteiger partial charge in [0.25, 0.3) is 0 Å². The average Bonchev–Trinajstić information content (AvgIpc) is 2.69. The van der Waals surface area contributed by atoms with Crippen molar-refractivity contribution in [1.82, 2.24) is 9.97 Å². The van der Waals surface area contributed by atoms with Gasteiger partial charge in [0.2, 0.25) is 0 Å². The fourth-order valence-electron chi connectivity index (χ4n) is 2.24. The smallest absolute Gasteiger partial charge is 0.137 e. The van der Waals surface area contributed by atoms with E-state index in [4.69, 9.17) is 23.2 Å². The van der Waals surface area contributed by atoms with Crippen LogP contribution < -0.4 is 0 Å².